The Hall–Kier alpha value is -4.18. The SMILES string of the molecule is N#CCN(C(=O)N1CCC(n2cc(Cl)cn2)C(c2cccc(C(F)(F)F)c2)=N1)c1ccc(OC(F)F)cc1. The third-order valence-corrected chi connectivity index (χ3v) is 5.78. The number of urea groups is 1. The molecule has 0 fully saturated rings. The molecule has 1 aliphatic heterocycles. The van der Waals surface area contributed by atoms with E-state index in [1.807, 2.05) is 6.07 Å². The molecule has 0 bridgehead atoms. The van der Waals surface area contributed by atoms with Gasteiger partial charge in [0, 0.05) is 24.0 Å². The minimum atomic E-state index is -4.60. The normalized spacial score (nSPS) is 15.7. The van der Waals surface area contributed by atoms with Crippen molar-refractivity contribution in [2.24, 2.45) is 5.10 Å². The number of hydrazone groups is 1. The Morgan fingerprint density at radius 3 is 2.58 bits per heavy atom. The number of amides is 2. The second-order valence-corrected chi connectivity index (χ2v) is 8.47. The van der Waals surface area contributed by atoms with Crippen molar-refractivity contribution >= 4 is 29.0 Å². The fourth-order valence-electron chi connectivity index (χ4n) is 3.90. The number of carbonyl (C=O) groups excluding carboxylic acids is 1. The largest absolute Gasteiger partial charge is 0.435 e. The average Bonchev–Trinajstić information content (AvgIpc) is 3.32. The van der Waals surface area contributed by atoms with E-state index < -0.39 is 37.0 Å². The van der Waals surface area contributed by atoms with Crippen LogP contribution in [0, 0.1) is 11.3 Å². The Kier molecular flexibility index (Phi) is 7.82. The van der Waals surface area contributed by atoms with Crippen molar-refractivity contribution in [3.8, 4) is 11.8 Å². The zero-order chi connectivity index (χ0) is 27.4. The summed E-state index contributed by atoms with van der Waals surface area (Å²) in [5.74, 6) is -0.142. The van der Waals surface area contributed by atoms with E-state index in [1.165, 1.54) is 53.5 Å². The van der Waals surface area contributed by atoms with E-state index in [0.717, 1.165) is 22.0 Å². The summed E-state index contributed by atoms with van der Waals surface area (Å²) in [6, 6.07) is 10.1. The molecule has 0 aliphatic carbocycles. The first-order valence-electron chi connectivity index (χ1n) is 11.0. The van der Waals surface area contributed by atoms with Crippen molar-refractivity contribution in [1.29, 1.82) is 5.26 Å². The van der Waals surface area contributed by atoms with Gasteiger partial charge in [-0.05, 0) is 42.8 Å². The van der Waals surface area contributed by atoms with Crippen LogP contribution in [-0.2, 0) is 6.18 Å². The minimum Gasteiger partial charge on any atom is -0.435 e. The second-order valence-electron chi connectivity index (χ2n) is 8.03. The molecule has 1 aromatic heterocycles. The van der Waals surface area contributed by atoms with Gasteiger partial charge in [-0.25, -0.2) is 9.80 Å². The molecule has 4 rings (SSSR count). The Morgan fingerprint density at radius 2 is 1.97 bits per heavy atom. The maximum Gasteiger partial charge on any atom is 0.416 e. The van der Waals surface area contributed by atoms with Crippen LogP contribution in [0.2, 0.25) is 5.02 Å². The fraction of sp³-hybridized carbons (Fsp3) is 0.250. The number of benzene rings is 2. The zero-order valence-corrected chi connectivity index (χ0v) is 20.1. The second kappa shape index (κ2) is 11.1. The van der Waals surface area contributed by atoms with E-state index in [-0.39, 0.29) is 35.7 Å². The van der Waals surface area contributed by atoms with Gasteiger partial charge >= 0.3 is 18.8 Å². The van der Waals surface area contributed by atoms with Crippen LogP contribution in [0.25, 0.3) is 0 Å². The summed E-state index contributed by atoms with van der Waals surface area (Å²) in [6.45, 7) is -3.40. The number of hydrogen-bond acceptors (Lipinski definition) is 5. The van der Waals surface area contributed by atoms with E-state index in [9.17, 15) is 32.0 Å². The molecule has 8 nitrogen and oxygen atoms in total. The summed E-state index contributed by atoms with van der Waals surface area (Å²) in [5, 5.41) is 19.2. The third kappa shape index (κ3) is 6.03. The number of halogens is 6. The Balaban J connectivity index is 1.71. The third-order valence-electron chi connectivity index (χ3n) is 5.59. The van der Waals surface area contributed by atoms with Gasteiger partial charge in [-0.1, -0.05) is 23.7 Å². The number of anilines is 1. The van der Waals surface area contributed by atoms with Gasteiger partial charge in [0.1, 0.15) is 12.3 Å². The quantitative estimate of drug-likeness (QED) is 0.279. The van der Waals surface area contributed by atoms with Crippen LogP contribution in [0.1, 0.15) is 23.6 Å². The lowest BCUT2D eigenvalue weighted by Crippen LogP contribution is -2.45. The highest BCUT2D eigenvalue weighted by Crippen LogP contribution is 2.32. The van der Waals surface area contributed by atoms with Crippen molar-refractivity contribution < 1.29 is 31.5 Å². The number of carbonyl (C=O) groups is 1. The number of ether oxygens (including phenoxy) is 1. The number of nitriles is 1. The molecule has 1 unspecified atom stereocenters. The topological polar surface area (TPSA) is 86.8 Å². The fourth-order valence-corrected chi connectivity index (χ4v) is 4.04. The summed E-state index contributed by atoms with van der Waals surface area (Å²) in [7, 11) is 0. The summed E-state index contributed by atoms with van der Waals surface area (Å²) >= 11 is 6.00. The molecule has 2 heterocycles. The molecule has 0 saturated heterocycles. The van der Waals surface area contributed by atoms with E-state index in [2.05, 4.69) is 14.9 Å². The molecule has 1 atom stereocenters. The maximum atomic E-state index is 13.4. The van der Waals surface area contributed by atoms with Crippen molar-refractivity contribution in [3.63, 3.8) is 0 Å². The highest BCUT2D eigenvalue weighted by atomic mass is 35.5. The first-order valence-corrected chi connectivity index (χ1v) is 11.4. The predicted octanol–water partition coefficient (Wildman–Crippen LogP) is 5.96. The molecular formula is C24H18ClF5N6O2. The molecule has 0 N–H and O–H groups in total. The highest BCUT2D eigenvalue weighted by molar-refractivity contribution is 6.30. The van der Waals surface area contributed by atoms with Gasteiger partial charge in [-0.2, -0.15) is 37.4 Å². The molecule has 0 saturated carbocycles. The lowest BCUT2D eigenvalue weighted by atomic mass is 9.97. The molecule has 0 radical (unpaired) electrons. The van der Waals surface area contributed by atoms with Gasteiger partial charge in [0.2, 0.25) is 0 Å². The van der Waals surface area contributed by atoms with Crippen LogP contribution < -0.4 is 9.64 Å². The predicted molar refractivity (Wildman–Crippen MR) is 127 cm³/mol. The van der Waals surface area contributed by atoms with Crippen LogP contribution in [0.3, 0.4) is 0 Å². The van der Waals surface area contributed by atoms with Crippen LogP contribution >= 0.6 is 11.6 Å². The van der Waals surface area contributed by atoms with Crippen LogP contribution in [0.4, 0.5) is 32.4 Å². The van der Waals surface area contributed by atoms with Gasteiger partial charge in [0.25, 0.3) is 0 Å². The first-order chi connectivity index (χ1) is 18.1. The zero-order valence-electron chi connectivity index (χ0n) is 19.3. The van der Waals surface area contributed by atoms with Crippen LogP contribution in [0.15, 0.2) is 66.0 Å². The minimum absolute atomic E-state index is 0.0396. The molecule has 2 aromatic carbocycles. The molecule has 3 aromatic rings. The van der Waals surface area contributed by atoms with Crippen molar-refractivity contribution in [2.75, 3.05) is 18.0 Å². The Labute approximate surface area is 218 Å². The first kappa shape index (κ1) is 26.9. The average molecular weight is 553 g/mol. The van der Waals surface area contributed by atoms with Gasteiger partial charge in [-0.3, -0.25) is 9.58 Å². The Bertz CT molecular complexity index is 1370. The maximum absolute atomic E-state index is 13.4. The van der Waals surface area contributed by atoms with Crippen molar-refractivity contribution in [3.05, 3.63) is 77.1 Å². The van der Waals surface area contributed by atoms with E-state index >= 15 is 0 Å². The molecule has 38 heavy (non-hydrogen) atoms. The molecule has 1 aliphatic rings. The number of rotatable bonds is 6. The standard InChI is InChI=1S/C24H18ClF5N6O2/c25-17-13-32-36(14-17)20-8-10-35(33-21(20)15-2-1-3-16(12-15)24(28,29)30)23(37)34(11-9-31)18-4-6-19(7-5-18)38-22(26)27/h1-7,12-14,20,22H,8,10-11H2. The Morgan fingerprint density at radius 1 is 1.24 bits per heavy atom. The van der Waals surface area contributed by atoms with Gasteiger partial charge < -0.3 is 4.74 Å². The van der Waals surface area contributed by atoms with Crippen LogP contribution in [-0.4, -0.2) is 46.2 Å². The molecule has 14 heteroatoms. The summed E-state index contributed by atoms with van der Waals surface area (Å²) in [6.07, 6.45) is -1.51. The molecular weight excluding hydrogens is 535 g/mol. The number of hydrogen-bond donors (Lipinski definition) is 0. The number of nitrogens with zero attached hydrogens (tertiary/aromatic N) is 6. The number of alkyl halides is 5. The summed E-state index contributed by atoms with van der Waals surface area (Å²) < 4.78 is 70.9. The highest BCUT2D eigenvalue weighted by Gasteiger charge is 2.34. The van der Waals surface area contributed by atoms with Crippen LogP contribution in [0.5, 0.6) is 5.75 Å². The molecule has 0 spiro atoms. The lowest BCUT2D eigenvalue weighted by molar-refractivity contribution is -0.137. The van der Waals surface area contributed by atoms with E-state index in [4.69, 9.17) is 11.6 Å². The summed E-state index contributed by atoms with van der Waals surface area (Å²) in [4.78, 5) is 14.5. The smallest absolute Gasteiger partial charge is 0.416 e. The van der Waals surface area contributed by atoms with Gasteiger partial charge in [0.15, 0.2) is 0 Å². The molecule has 198 valence electrons. The van der Waals surface area contributed by atoms with E-state index in [1.54, 1.807) is 0 Å². The molecule has 2 amide bonds. The van der Waals surface area contributed by atoms with E-state index in [0.29, 0.717) is 5.02 Å². The van der Waals surface area contributed by atoms with Crippen molar-refractivity contribution in [1.82, 2.24) is 14.8 Å². The van der Waals surface area contributed by atoms with Crippen molar-refractivity contribution in [2.45, 2.75) is 25.3 Å². The lowest BCUT2D eigenvalue weighted by Gasteiger charge is -2.33. The summed E-state index contributed by atoms with van der Waals surface area (Å²) in [5.41, 5.74) is -0.437. The monoisotopic (exact) mass is 552 g/mol. The van der Waals surface area contributed by atoms with Gasteiger partial charge in [0.05, 0.1) is 34.6 Å². The number of aromatic nitrogens is 2. The van der Waals surface area contributed by atoms with Gasteiger partial charge in [-0.15, -0.1) is 0 Å².